The number of ether oxygens (including phenoxy) is 1. The van der Waals surface area contributed by atoms with Gasteiger partial charge in [-0.05, 0) is 67.9 Å². The average molecular weight is 607 g/mol. The van der Waals surface area contributed by atoms with E-state index in [4.69, 9.17) is 16.3 Å². The van der Waals surface area contributed by atoms with Crippen molar-refractivity contribution in [2.75, 3.05) is 56.6 Å². The van der Waals surface area contributed by atoms with Crippen LogP contribution in [-0.4, -0.2) is 83.8 Å². The maximum absolute atomic E-state index is 12.9. The standard InChI is InChI=1S/C32H43ClN8O2/c33-28-7-2-1-4-25(28)20-36-31-37-21-26(18-34)30(39-31)35-19-22-16-23-5-3-6-24(17-22)29(23)38-27-8-10-40(11-9-27)32(42)41-12-14-43-15-13-41/h1-2,4,7,21-24,27,29,38H,3,5-6,8-17,19-20H2,(H2,35,36,37,39)/t22?,23-,24+,29-. The number of anilines is 2. The van der Waals surface area contributed by atoms with Gasteiger partial charge < -0.3 is 30.5 Å². The maximum atomic E-state index is 12.9. The van der Waals surface area contributed by atoms with Crippen molar-refractivity contribution in [2.45, 2.75) is 63.6 Å². The van der Waals surface area contributed by atoms with E-state index in [9.17, 15) is 10.1 Å². The van der Waals surface area contributed by atoms with Gasteiger partial charge in [-0.25, -0.2) is 9.78 Å². The number of hydrogen-bond donors (Lipinski definition) is 3. The summed E-state index contributed by atoms with van der Waals surface area (Å²) in [6, 6.07) is 11.1. The zero-order chi connectivity index (χ0) is 29.6. The van der Waals surface area contributed by atoms with E-state index in [0.29, 0.717) is 85.0 Å². The lowest BCUT2D eigenvalue weighted by Crippen LogP contribution is -2.57. The second kappa shape index (κ2) is 14.1. The van der Waals surface area contributed by atoms with Gasteiger partial charge in [0.2, 0.25) is 5.95 Å². The van der Waals surface area contributed by atoms with E-state index >= 15 is 0 Å². The summed E-state index contributed by atoms with van der Waals surface area (Å²) in [5.41, 5.74) is 1.42. The van der Waals surface area contributed by atoms with Crippen LogP contribution >= 0.6 is 11.6 Å². The van der Waals surface area contributed by atoms with E-state index in [1.165, 1.54) is 32.1 Å². The molecule has 43 heavy (non-hydrogen) atoms. The molecule has 10 nitrogen and oxygen atoms in total. The quantitative estimate of drug-likeness (QED) is 0.395. The Morgan fingerprint density at radius 2 is 1.74 bits per heavy atom. The second-order valence-corrected chi connectivity index (χ2v) is 12.9. The molecule has 2 saturated heterocycles. The smallest absolute Gasteiger partial charge is 0.320 e. The molecule has 11 heteroatoms. The molecule has 2 aliphatic heterocycles. The van der Waals surface area contributed by atoms with Crippen molar-refractivity contribution < 1.29 is 9.53 Å². The van der Waals surface area contributed by atoms with Crippen LogP contribution in [0.2, 0.25) is 5.02 Å². The van der Waals surface area contributed by atoms with Crippen LogP contribution in [0, 0.1) is 29.1 Å². The number of fused-ring (bicyclic) bond motifs is 2. The predicted molar refractivity (Wildman–Crippen MR) is 167 cm³/mol. The van der Waals surface area contributed by atoms with Crippen molar-refractivity contribution in [1.82, 2.24) is 25.1 Å². The normalized spacial score (nSPS) is 26.0. The molecule has 2 bridgehead atoms. The van der Waals surface area contributed by atoms with Crippen molar-refractivity contribution in [3.63, 3.8) is 0 Å². The first-order valence-corrected chi connectivity index (χ1v) is 16.3. The number of piperidine rings is 1. The Labute approximate surface area is 259 Å². The maximum Gasteiger partial charge on any atom is 0.320 e. The van der Waals surface area contributed by atoms with Gasteiger partial charge in [-0.3, -0.25) is 0 Å². The minimum atomic E-state index is 0.179. The van der Waals surface area contributed by atoms with Gasteiger partial charge in [0.05, 0.1) is 19.4 Å². The van der Waals surface area contributed by atoms with Crippen LogP contribution in [0.4, 0.5) is 16.6 Å². The predicted octanol–water partition coefficient (Wildman–Crippen LogP) is 4.73. The molecule has 6 rings (SSSR count). The van der Waals surface area contributed by atoms with Gasteiger partial charge in [0, 0.05) is 56.4 Å². The molecule has 3 heterocycles. The summed E-state index contributed by atoms with van der Waals surface area (Å²) >= 11 is 6.29. The molecule has 0 radical (unpaired) electrons. The zero-order valence-corrected chi connectivity index (χ0v) is 25.6. The molecular weight excluding hydrogens is 564 g/mol. The molecule has 2 saturated carbocycles. The fourth-order valence-electron chi connectivity index (χ4n) is 7.51. The van der Waals surface area contributed by atoms with Gasteiger partial charge in [-0.2, -0.15) is 10.2 Å². The lowest BCUT2D eigenvalue weighted by atomic mass is 9.64. The highest BCUT2D eigenvalue weighted by atomic mass is 35.5. The third-order valence-corrected chi connectivity index (χ3v) is 10.1. The van der Waals surface area contributed by atoms with Gasteiger partial charge in [-0.1, -0.05) is 36.2 Å². The van der Waals surface area contributed by atoms with Crippen LogP contribution in [0.3, 0.4) is 0 Å². The molecule has 1 unspecified atom stereocenters. The summed E-state index contributed by atoms with van der Waals surface area (Å²) in [5, 5.41) is 21.2. The van der Waals surface area contributed by atoms with E-state index in [1.54, 1.807) is 6.20 Å². The largest absolute Gasteiger partial charge is 0.378 e. The molecular formula is C32H43ClN8O2. The van der Waals surface area contributed by atoms with Crippen LogP contribution in [0.25, 0.3) is 0 Å². The molecule has 2 amide bonds. The molecule has 4 atom stereocenters. The number of likely N-dealkylation sites (tertiary alicyclic amines) is 1. The summed E-state index contributed by atoms with van der Waals surface area (Å²) in [5.74, 6) is 2.94. The van der Waals surface area contributed by atoms with Crippen LogP contribution in [-0.2, 0) is 11.3 Å². The van der Waals surface area contributed by atoms with Gasteiger partial charge in [0.15, 0.2) is 0 Å². The molecule has 1 aromatic heterocycles. The van der Waals surface area contributed by atoms with Crippen molar-refractivity contribution in [3.05, 3.63) is 46.6 Å². The van der Waals surface area contributed by atoms with E-state index in [1.807, 2.05) is 34.1 Å². The summed E-state index contributed by atoms with van der Waals surface area (Å²) in [6.45, 7) is 5.67. The average Bonchev–Trinajstić information content (AvgIpc) is 3.04. The van der Waals surface area contributed by atoms with Crippen LogP contribution in [0.1, 0.15) is 56.1 Å². The van der Waals surface area contributed by atoms with Gasteiger partial charge in [0.1, 0.15) is 17.5 Å². The van der Waals surface area contributed by atoms with E-state index in [0.717, 1.165) is 38.0 Å². The van der Waals surface area contributed by atoms with E-state index < -0.39 is 0 Å². The SMILES string of the molecule is N#Cc1cnc(NCc2ccccc2Cl)nc1NCC1C[C@H]2CCC[C@@H](C1)[C@@H]2NC1CCN(C(=O)N2CCOCC2)CC1. The second-order valence-electron chi connectivity index (χ2n) is 12.5. The van der Waals surface area contributed by atoms with Crippen LogP contribution in [0.15, 0.2) is 30.5 Å². The topological polar surface area (TPSA) is 118 Å². The molecule has 4 fully saturated rings. The number of benzene rings is 1. The molecule has 2 aromatic rings. The Kier molecular flexibility index (Phi) is 9.81. The highest BCUT2D eigenvalue weighted by Crippen LogP contribution is 2.43. The first-order chi connectivity index (χ1) is 21.1. The number of nitrogens with one attached hydrogen (secondary N) is 3. The Balaban J connectivity index is 0.998. The minimum absolute atomic E-state index is 0.179. The third-order valence-electron chi connectivity index (χ3n) is 9.78. The zero-order valence-electron chi connectivity index (χ0n) is 24.8. The highest BCUT2D eigenvalue weighted by molar-refractivity contribution is 6.31. The highest BCUT2D eigenvalue weighted by Gasteiger charge is 2.41. The van der Waals surface area contributed by atoms with Crippen molar-refractivity contribution in [3.8, 4) is 6.07 Å². The number of nitriles is 1. The summed E-state index contributed by atoms with van der Waals surface area (Å²) in [6.07, 6.45) is 9.84. The van der Waals surface area contributed by atoms with Crippen molar-refractivity contribution >= 4 is 29.4 Å². The lowest BCUT2D eigenvalue weighted by molar-refractivity contribution is 0.0384. The first-order valence-electron chi connectivity index (χ1n) is 15.9. The molecule has 4 aliphatic rings. The number of morpholine rings is 1. The minimum Gasteiger partial charge on any atom is -0.378 e. The number of hydrogen-bond acceptors (Lipinski definition) is 8. The number of carbonyl (C=O) groups is 1. The van der Waals surface area contributed by atoms with Crippen LogP contribution < -0.4 is 16.0 Å². The number of urea groups is 1. The fraction of sp³-hybridized carbons (Fsp3) is 0.625. The number of nitrogens with zero attached hydrogens (tertiary/aromatic N) is 5. The Bertz CT molecular complexity index is 1280. The number of rotatable bonds is 8. The van der Waals surface area contributed by atoms with Gasteiger partial charge in [-0.15, -0.1) is 0 Å². The Morgan fingerprint density at radius 1 is 1.02 bits per heavy atom. The monoisotopic (exact) mass is 606 g/mol. The van der Waals surface area contributed by atoms with Gasteiger partial charge >= 0.3 is 6.03 Å². The molecule has 230 valence electrons. The lowest BCUT2D eigenvalue weighted by Gasteiger charge is -2.48. The van der Waals surface area contributed by atoms with E-state index in [2.05, 4.69) is 32.0 Å². The molecule has 0 spiro atoms. The number of carbonyl (C=O) groups excluding carboxylic acids is 1. The Hall–Kier alpha value is -3.13. The summed E-state index contributed by atoms with van der Waals surface area (Å²) < 4.78 is 5.41. The first kappa shape index (κ1) is 29.9. The number of amides is 2. The van der Waals surface area contributed by atoms with E-state index in [-0.39, 0.29) is 6.03 Å². The van der Waals surface area contributed by atoms with Crippen molar-refractivity contribution in [1.29, 1.82) is 5.26 Å². The molecule has 2 aliphatic carbocycles. The van der Waals surface area contributed by atoms with Crippen molar-refractivity contribution in [2.24, 2.45) is 17.8 Å². The number of aromatic nitrogens is 2. The Morgan fingerprint density at radius 3 is 2.47 bits per heavy atom. The molecule has 1 aromatic carbocycles. The summed E-state index contributed by atoms with van der Waals surface area (Å²) in [7, 11) is 0. The summed E-state index contributed by atoms with van der Waals surface area (Å²) in [4.78, 5) is 25.9. The van der Waals surface area contributed by atoms with Crippen LogP contribution in [0.5, 0.6) is 0 Å². The third kappa shape index (κ3) is 7.34. The number of halogens is 1. The fourth-order valence-corrected chi connectivity index (χ4v) is 7.71. The molecule has 3 N–H and O–H groups in total. The van der Waals surface area contributed by atoms with Gasteiger partial charge in [0.25, 0.3) is 0 Å².